The van der Waals surface area contributed by atoms with Crippen molar-refractivity contribution >= 4 is 39.2 Å². The van der Waals surface area contributed by atoms with Gasteiger partial charge in [-0.3, -0.25) is 28.0 Å². The van der Waals surface area contributed by atoms with Crippen LogP contribution in [0.3, 0.4) is 0 Å². The maximum absolute atomic E-state index is 12.9. The van der Waals surface area contributed by atoms with Gasteiger partial charge < -0.3 is 39.9 Å². The summed E-state index contributed by atoms with van der Waals surface area (Å²) in [5, 5.41) is 20.9. The summed E-state index contributed by atoms with van der Waals surface area (Å²) in [4.78, 5) is 73.7. The first-order valence-electron chi connectivity index (χ1n) is 25.9. The van der Waals surface area contributed by atoms with Gasteiger partial charge in [0.05, 0.1) is 13.2 Å². The van der Waals surface area contributed by atoms with E-state index in [2.05, 4.69) is 47.4 Å². The summed E-state index contributed by atoms with van der Waals surface area (Å²) < 4.78 is 56.7. The van der Waals surface area contributed by atoms with Crippen molar-refractivity contribution in [3.05, 3.63) is 95.7 Å². The molecule has 2 unspecified atom stereocenters. The number of allylic oxidation sites excluding steroid dienone is 12. The number of aliphatic hydroxyl groups excluding tert-OH is 2. The summed E-state index contributed by atoms with van der Waals surface area (Å²) in [5.41, 5.74) is 4.57. The normalized spacial score (nSPS) is 19.5. The van der Waals surface area contributed by atoms with Gasteiger partial charge >= 0.3 is 33.3 Å². The van der Waals surface area contributed by atoms with Gasteiger partial charge in [0, 0.05) is 25.5 Å². The summed E-state index contributed by atoms with van der Waals surface area (Å²) >= 11 is 0. The first-order chi connectivity index (χ1) is 35.1. The number of carbonyl (C=O) groups excluding carboxylic acids is 3. The summed E-state index contributed by atoms with van der Waals surface area (Å²) in [7, 11) is -10.9. The van der Waals surface area contributed by atoms with Gasteiger partial charge in [0.15, 0.2) is 18.1 Å². The number of hydrogen-bond donors (Lipinski definition) is 5. The predicted molar refractivity (Wildman–Crippen MR) is 280 cm³/mol. The number of rotatable bonds is 42. The van der Waals surface area contributed by atoms with Crippen LogP contribution in [0, 0.1) is 0 Å². The van der Waals surface area contributed by atoms with Crippen molar-refractivity contribution in [2.75, 3.05) is 25.6 Å². The molecule has 0 amide bonds. The number of aliphatic hydroxyl groups is 2. The largest absolute Gasteiger partial charge is 0.481 e. The number of ether oxygens (including phenoxy) is 3. The molecule has 1 fully saturated rings. The fraction of sp³-hybridized carbons (Fsp3) is 0.635. The van der Waals surface area contributed by atoms with E-state index in [-0.39, 0.29) is 24.4 Å². The molecule has 7 atom stereocenters. The van der Waals surface area contributed by atoms with Gasteiger partial charge in [-0.2, -0.15) is 9.29 Å². The van der Waals surface area contributed by atoms with Gasteiger partial charge in [-0.15, -0.1) is 0 Å². The van der Waals surface area contributed by atoms with Gasteiger partial charge in [0.2, 0.25) is 0 Å². The summed E-state index contributed by atoms with van der Waals surface area (Å²) in [6, 6.07) is 1.24. The minimum Gasteiger partial charge on any atom is -0.462 e. The Labute approximate surface area is 431 Å². The highest BCUT2D eigenvalue weighted by Gasteiger charge is 2.46. The highest BCUT2D eigenvalue weighted by molar-refractivity contribution is 7.61. The molecule has 0 aliphatic carbocycles. The van der Waals surface area contributed by atoms with Crippen LogP contribution in [0.4, 0.5) is 5.82 Å². The maximum atomic E-state index is 12.9. The number of esters is 2. The Morgan fingerprint density at radius 3 is 1.90 bits per heavy atom. The Bertz CT molecular complexity index is 2070. The molecular formula is C52H83N3O16P2. The molecule has 19 nitrogen and oxygen atoms in total. The van der Waals surface area contributed by atoms with Gasteiger partial charge in [-0.25, -0.2) is 13.9 Å². The number of nitrogens with zero attached hydrogens (tertiary/aromatic N) is 2. The minimum absolute atomic E-state index is 0.0569. The number of phosphoric ester groups is 2. The van der Waals surface area contributed by atoms with Crippen LogP contribution < -0.4 is 11.4 Å². The zero-order valence-electron chi connectivity index (χ0n) is 42.9. The molecular weight excluding hydrogens is 985 g/mol. The van der Waals surface area contributed by atoms with E-state index in [0.717, 1.165) is 87.8 Å². The SMILES string of the molecule is CCCCC/C=C\C/C=C\CCCCCCCCCC(=O)OC[C@H](COP(=O)(O)OP(=O)(O)OC[C@H]1O[C@@H](n2ccc(N)nc2=O)[C@H](O)[C@@H]1O)OC(=O)CCC/C=C\C/C=C\C/C=C\C=C\C(=O)CCCCC. The Kier molecular flexibility index (Phi) is 35.0. The van der Waals surface area contributed by atoms with E-state index in [0.29, 0.717) is 38.5 Å². The van der Waals surface area contributed by atoms with E-state index < -0.39 is 83.7 Å². The third kappa shape index (κ3) is 32.0. The van der Waals surface area contributed by atoms with Crippen LogP contribution in [0.15, 0.2) is 90.0 Å². The van der Waals surface area contributed by atoms with Crippen molar-refractivity contribution in [3.8, 4) is 0 Å². The lowest BCUT2D eigenvalue weighted by atomic mass is 10.1. The number of phosphoric acid groups is 2. The highest BCUT2D eigenvalue weighted by Crippen LogP contribution is 2.60. The molecule has 0 aromatic carbocycles. The molecule has 0 saturated carbocycles. The Balaban J connectivity index is 1.84. The third-order valence-electron chi connectivity index (χ3n) is 11.2. The van der Waals surface area contributed by atoms with E-state index in [1.54, 1.807) is 12.2 Å². The van der Waals surface area contributed by atoms with E-state index >= 15 is 0 Å². The average molecular weight is 1070 g/mol. The molecule has 21 heteroatoms. The van der Waals surface area contributed by atoms with Gasteiger partial charge in [-0.05, 0) is 82.8 Å². The highest BCUT2D eigenvalue weighted by atomic mass is 31.3. The average Bonchev–Trinajstić information content (AvgIpc) is 3.62. The number of ketones is 1. The van der Waals surface area contributed by atoms with E-state index in [1.165, 1.54) is 25.3 Å². The zero-order valence-corrected chi connectivity index (χ0v) is 44.7. The number of aromatic nitrogens is 2. The molecule has 412 valence electrons. The number of carbonyl (C=O) groups is 3. The Morgan fingerprint density at radius 1 is 0.699 bits per heavy atom. The van der Waals surface area contributed by atoms with Gasteiger partial charge in [-0.1, -0.05) is 138 Å². The van der Waals surface area contributed by atoms with Crippen LogP contribution in [0.5, 0.6) is 0 Å². The third-order valence-corrected chi connectivity index (χ3v) is 13.8. The fourth-order valence-corrected chi connectivity index (χ4v) is 9.28. The summed E-state index contributed by atoms with van der Waals surface area (Å²) in [6.07, 6.45) is 36.8. The molecule has 1 aromatic heterocycles. The molecule has 2 heterocycles. The van der Waals surface area contributed by atoms with Gasteiger partial charge in [0.25, 0.3) is 0 Å². The predicted octanol–water partition coefficient (Wildman–Crippen LogP) is 10.1. The Hall–Kier alpha value is -4.13. The number of unbranched alkanes of at least 4 members (excludes halogenated alkanes) is 13. The lowest BCUT2D eigenvalue weighted by Crippen LogP contribution is -2.36. The van der Waals surface area contributed by atoms with E-state index in [1.807, 2.05) is 36.5 Å². The first-order valence-corrected chi connectivity index (χ1v) is 28.9. The molecule has 1 saturated heterocycles. The summed E-state index contributed by atoms with van der Waals surface area (Å²) in [6.45, 7) is 1.90. The number of anilines is 1. The molecule has 1 aromatic rings. The molecule has 1 aliphatic heterocycles. The van der Waals surface area contributed by atoms with Crippen molar-refractivity contribution in [2.24, 2.45) is 0 Å². The van der Waals surface area contributed by atoms with Crippen LogP contribution in [-0.2, 0) is 51.1 Å². The second-order valence-electron chi connectivity index (χ2n) is 17.7. The van der Waals surface area contributed by atoms with Crippen molar-refractivity contribution in [2.45, 2.75) is 192 Å². The zero-order chi connectivity index (χ0) is 53.6. The second kappa shape index (κ2) is 39.3. The maximum Gasteiger partial charge on any atom is 0.481 e. The van der Waals surface area contributed by atoms with Crippen molar-refractivity contribution in [3.63, 3.8) is 0 Å². The lowest BCUT2D eigenvalue weighted by Gasteiger charge is -2.21. The molecule has 0 radical (unpaired) electrons. The number of nitrogens with two attached hydrogens (primary N) is 1. The molecule has 2 rings (SSSR count). The second-order valence-corrected chi connectivity index (χ2v) is 20.7. The number of hydrogen-bond acceptors (Lipinski definition) is 16. The Morgan fingerprint density at radius 2 is 1.25 bits per heavy atom. The van der Waals surface area contributed by atoms with Crippen LogP contribution in [0.1, 0.15) is 168 Å². The quantitative estimate of drug-likeness (QED) is 0.0102. The summed E-state index contributed by atoms with van der Waals surface area (Å²) in [5.74, 6) is -1.29. The first kappa shape index (κ1) is 65.0. The van der Waals surface area contributed by atoms with Crippen molar-refractivity contribution in [1.29, 1.82) is 0 Å². The molecule has 0 bridgehead atoms. The van der Waals surface area contributed by atoms with Crippen molar-refractivity contribution in [1.82, 2.24) is 9.55 Å². The smallest absolute Gasteiger partial charge is 0.462 e. The van der Waals surface area contributed by atoms with Crippen LogP contribution >= 0.6 is 15.6 Å². The van der Waals surface area contributed by atoms with Crippen molar-refractivity contribution < 1.29 is 71.1 Å². The van der Waals surface area contributed by atoms with Crippen LogP contribution in [-0.4, -0.2) is 91.5 Å². The van der Waals surface area contributed by atoms with E-state index in [9.17, 15) is 48.3 Å². The van der Waals surface area contributed by atoms with Gasteiger partial charge in [0.1, 0.15) is 30.7 Å². The minimum atomic E-state index is -5.45. The topological polar surface area (TPSA) is 283 Å². The molecule has 73 heavy (non-hydrogen) atoms. The molecule has 6 N–H and O–H groups in total. The standard InChI is InChI=1S/C52H83N3O16P2/c1-3-5-7-8-9-10-11-12-13-14-15-16-19-22-25-28-32-36-47(57)66-40-44(69-48(58)37-33-29-26-23-20-17-18-21-24-27-31-35-43(56)34-30-6-4-2)41-67-72(62,63)71-73(64,65)68-42-45-49(59)50(60)51(70-45)55-39-38-46(53)54-52(55)61/h9-10,12-13,17-18,23-24,26-27,31,35,38-39,44-45,49-51,59-60H,3-8,11,14-16,19-22,25,28-30,32-34,36-37,40-42H2,1-2H3,(H,62,63)(H,64,65)(H2,53,54,61)/b10-9-,13-12-,18-17-,26-23-,27-24-,35-31+/t44-,45-,49-,50-,51-/m1/s1. The molecule has 1 aliphatic rings. The monoisotopic (exact) mass is 1070 g/mol. The van der Waals surface area contributed by atoms with E-state index in [4.69, 9.17) is 29.0 Å². The lowest BCUT2D eigenvalue weighted by molar-refractivity contribution is -0.161. The van der Waals surface area contributed by atoms with Crippen LogP contribution in [0.2, 0.25) is 0 Å². The number of nitrogen functional groups attached to an aromatic ring is 1. The van der Waals surface area contributed by atoms with Crippen LogP contribution in [0.25, 0.3) is 0 Å². The molecule has 0 spiro atoms. The fourth-order valence-electron chi connectivity index (χ4n) is 7.17.